The number of carbonyl (C=O) groups is 1. The van der Waals surface area contributed by atoms with E-state index in [2.05, 4.69) is 30.0 Å². The molecule has 10 heteroatoms. The number of amides is 1. The van der Waals surface area contributed by atoms with Gasteiger partial charge >= 0.3 is 0 Å². The Morgan fingerprint density at radius 1 is 0.935 bits per heavy atom. The number of nitrogens with one attached hydrogen (secondary N) is 3. The quantitative estimate of drug-likeness (QED) is 0.427. The summed E-state index contributed by atoms with van der Waals surface area (Å²) in [5.74, 6) is 0.171. The average molecular weight is 434 g/mol. The van der Waals surface area contributed by atoms with E-state index in [1.54, 1.807) is 13.0 Å². The van der Waals surface area contributed by atoms with Gasteiger partial charge in [0.05, 0.1) is 4.90 Å². The van der Waals surface area contributed by atoms with Crippen molar-refractivity contribution < 1.29 is 13.2 Å². The van der Waals surface area contributed by atoms with E-state index in [0.29, 0.717) is 17.2 Å². The number of sulfonamides is 1. The molecule has 0 aliphatic carbocycles. The topological polar surface area (TPSA) is 130 Å². The Kier molecular flexibility index (Phi) is 5.46. The van der Waals surface area contributed by atoms with Gasteiger partial charge in [0.2, 0.25) is 5.95 Å². The molecule has 0 aliphatic rings. The molecule has 1 amide bonds. The van der Waals surface area contributed by atoms with Crippen molar-refractivity contribution in [2.75, 3.05) is 10.0 Å². The molecule has 0 radical (unpaired) electrons. The van der Waals surface area contributed by atoms with E-state index in [1.807, 2.05) is 30.3 Å². The van der Waals surface area contributed by atoms with Crippen LogP contribution in [0.2, 0.25) is 0 Å². The van der Waals surface area contributed by atoms with Crippen LogP contribution in [0.1, 0.15) is 16.2 Å². The second-order valence-corrected chi connectivity index (χ2v) is 8.26. The normalized spacial score (nSPS) is 11.1. The summed E-state index contributed by atoms with van der Waals surface area (Å²) >= 11 is 0. The minimum Gasteiger partial charge on any atom is -0.341 e. The van der Waals surface area contributed by atoms with E-state index in [-0.39, 0.29) is 16.5 Å². The van der Waals surface area contributed by atoms with Gasteiger partial charge in [-0.1, -0.05) is 30.3 Å². The molecule has 0 fully saturated rings. The Bertz CT molecular complexity index is 1300. The summed E-state index contributed by atoms with van der Waals surface area (Å²) in [6, 6.07) is 16.8. The highest BCUT2D eigenvalue weighted by atomic mass is 32.2. The van der Waals surface area contributed by atoms with Crippen LogP contribution < -0.4 is 10.0 Å². The fourth-order valence-corrected chi connectivity index (χ4v) is 3.81. The Morgan fingerprint density at radius 2 is 1.61 bits per heavy atom. The zero-order valence-electron chi connectivity index (χ0n) is 16.4. The summed E-state index contributed by atoms with van der Waals surface area (Å²) in [4.78, 5) is 27.9. The molecule has 0 bridgehead atoms. The molecule has 156 valence electrons. The van der Waals surface area contributed by atoms with Crippen LogP contribution in [0.3, 0.4) is 0 Å². The molecule has 4 rings (SSSR count). The Morgan fingerprint density at radius 3 is 2.29 bits per heavy atom. The van der Waals surface area contributed by atoms with Crippen molar-refractivity contribution in [1.82, 2.24) is 19.9 Å². The number of aromatic amines is 1. The van der Waals surface area contributed by atoms with E-state index in [9.17, 15) is 13.2 Å². The predicted octanol–water partition coefficient (Wildman–Crippen LogP) is 3.23. The standard InChI is InChI=1S/C21H18N6O3S/c1-14-18(26-19(24-14)15-6-3-2-4-7-15)20(28)25-16-8-10-17(11-9-16)31(29,30)27-21-22-12-5-13-23-21/h2-13H,1H3,(H,24,26)(H,25,28)(H,22,23,27). The van der Waals surface area contributed by atoms with Crippen molar-refractivity contribution >= 4 is 27.6 Å². The fraction of sp³-hybridized carbons (Fsp3) is 0.0476. The number of aryl methyl sites for hydroxylation is 1. The zero-order valence-corrected chi connectivity index (χ0v) is 17.2. The highest BCUT2D eigenvalue weighted by Gasteiger charge is 2.18. The molecule has 0 spiro atoms. The number of rotatable bonds is 6. The fourth-order valence-electron chi connectivity index (χ4n) is 2.85. The molecule has 31 heavy (non-hydrogen) atoms. The Hall–Kier alpha value is -4.05. The maximum absolute atomic E-state index is 12.7. The largest absolute Gasteiger partial charge is 0.341 e. The lowest BCUT2D eigenvalue weighted by Crippen LogP contribution is -2.16. The molecular weight excluding hydrogens is 416 g/mol. The van der Waals surface area contributed by atoms with Crippen molar-refractivity contribution in [1.29, 1.82) is 0 Å². The minimum atomic E-state index is -3.85. The van der Waals surface area contributed by atoms with Crippen LogP contribution in [-0.4, -0.2) is 34.3 Å². The van der Waals surface area contributed by atoms with Crippen LogP contribution in [-0.2, 0) is 10.0 Å². The number of anilines is 2. The van der Waals surface area contributed by atoms with E-state index in [4.69, 9.17) is 0 Å². The third-order valence-corrected chi connectivity index (χ3v) is 5.70. The summed E-state index contributed by atoms with van der Waals surface area (Å²) in [6.45, 7) is 1.77. The van der Waals surface area contributed by atoms with Gasteiger partial charge in [0.1, 0.15) is 11.5 Å². The Labute approximate surface area is 178 Å². The van der Waals surface area contributed by atoms with Gasteiger partial charge in [0, 0.05) is 29.3 Å². The first kappa shape index (κ1) is 20.2. The SMILES string of the molecule is Cc1[nH]c(-c2ccccc2)nc1C(=O)Nc1ccc(S(=O)(=O)Nc2ncccn2)cc1. The first-order chi connectivity index (χ1) is 14.9. The molecule has 0 saturated carbocycles. The van der Waals surface area contributed by atoms with Gasteiger partial charge < -0.3 is 10.3 Å². The third-order valence-electron chi connectivity index (χ3n) is 4.36. The summed E-state index contributed by atoms with van der Waals surface area (Å²) in [6.07, 6.45) is 2.87. The lowest BCUT2D eigenvalue weighted by atomic mass is 10.2. The maximum atomic E-state index is 12.7. The molecule has 9 nitrogen and oxygen atoms in total. The second-order valence-electron chi connectivity index (χ2n) is 6.58. The van der Waals surface area contributed by atoms with Crippen molar-refractivity contribution in [3.63, 3.8) is 0 Å². The van der Waals surface area contributed by atoms with Crippen LogP contribution >= 0.6 is 0 Å². The predicted molar refractivity (Wildman–Crippen MR) is 116 cm³/mol. The Balaban J connectivity index is 1.48. The lowest BCUT2D eigenvalue weighted by Gasteiger charge is -2.08. The van der Waals surface area contributed by atoms with Crippen LogP contribution in [0.4, 0.5) is 11.6 Å². The van der Waals surface area contributed by atoms with Gasteiger partial charge in [-0.05, 0) is 37.3 Å². The number of carbonyl (C=O) groups excluding carboxylic acids is 1. The van der Waals surface area contributed by atoms with Gasteiger partial charge in [0.15, 0.2) is 0 Å². The highest BCUT2D eigenvalue weighted by molar-refractivity contribution is 7.92. The monoisotopic (exact) mass is 434 g/mol. The van der Waals surface area contributed by atoms with E-state index < -0.39 is 15.9 Å². The number of hydrogen-bond donors (Lipinski definition) is 3. The first-order valence-corrected chi connectivity index (χ1v) is 10.7. The summed E-state index contributed by atoms with van der Waals surface area (Å²) < 4.78 is 27.2. The van der Waals surface area contributed by atoms with E-state index in [0.717, 1.165) is 5.56 Å². The smallest absolute Gasteiger partial charge is 0.276 e. The number of H-pyrrole nitrogens is 1. The molecule has 3 N–H and O–H groups in total. The molecule has 0 aliphatic heterocycles. The number of hydrogen-bond acceptors (Lipinski definition) is 6. The second kappa shape index (κ2) is 8.36. The van der Waals surface area contributed by atoms with Gasteiger partial charge in [-0.15, -0.1) is 0 Å². The molecule has 2 aromatic carbocycles. The highest BCUT2D eigenvalue weighted by Crippen LogP contribution is 2.20. The number of nitrogens with zero attached hydrogens (tertiary/aromatic N) is 3. The molecule has 4 aromatic rings. The van der Waals surface area contributed by atoms with Crippen LogP contribution in [0, 0.1) is 6.92 Å². The van der Waals surface area contributed by atoms with Crippen LogP contribution in [0.5, 0.6) is 0 Å². The van der Waals surface area contributed by atoms with Crippen LogP contribution in [0.25, 0.3) is 11.4 Å². The number of benzene rings is 2. The third kappa shape index (κ3) is 4.59. The minimum absolute atomic E-state index is 0.0141. The number of imidazole rings is 1. The molecule has 2 aromatic heterocycles. The van der Waals surface area contributed by atoms with Crippen LogP contribution in [0.15, 0.2) is 78.0 Å². The van der Waals surface area contributed by atoms with Crippen molar-refractivity contribution in [2.24, 2.45) is 0 Å². The first-order valence-electron chi connectivity index (χ1n) is 9.26. The zero-order chi connectivity index (χ0) is 21.8. The summed E-state index contributed by atoms with van der Waals surface area (Å²) in [5, 5.41) is 2.73. The van der Waals surface area contributed by atoms with Gasteiger partial charge in [0.25, 0.3) is 15.9 Å². The molecule has 0 unspecified atom stereocenters. The maximum Gasteiger partial charge on any atom is 0.276 e. The summed E-state index contributed by atoms with van der Waals surface area (Å²) in [7, 11) is -3.85. The lowest BCUT2D eigenvalue weighted by molar-refractivity contribution is 0.102. The van der Waals surface area contributed by atoms with E-state index in [1.165, 1.54) is 36.7 Å². The number of aromatic nitrogens is 4. The van der Waals surface area contributed by atoms with Gasteiger partial charge in [-0.25, -0.2) is 28.1 Å². The molecular formula is C21H18N6O3S. The van der Waals surface area contributed by atoms with Crippen molar-refractivity contribution in [3.05, 3.63) is 84.4 Å². The molecule has 0 saturated heterocycles. The molecule has 2 heterocycles. The van der Waals surface area contributed by atoms with Crippen molar-refractivity contribution in [2.45, 2.75) is 11.8 Å². The molecule has 0 atom stereocenters. The van der Waals surface area contributed by atoms with E-state index >= 15 is 0 Å². The van der Waals surface area contributed by atoms with Crippen molar-refractivity contribution in [3.8, 4) is 11.4 Å². The average Bonchev–Trinajstić information content (AvgIpc) is 3.17. The summed E-state index contributed by atoms with van der Waals surface area (Å²) in [5.41, 5.74) is 2.19. The van der Waals surface area contributed by atoms with Gasteiger partial charge in [-0.3, -0.25) is 4.79 Å². The van der Waals surface area contributed by atoms with Gasteiger partial charge in [-0.2, -0.15) is 0 Å².